The minimum Gasteiger partial charge on any atom is -0.467 e. The smallest absolute Gasteiger partial charge is 0.417 e. The van der Waals surface area contributed by atoms with Crippen LogP contribution in [0.1, 0.15) is 31.9 Å². The van der Waals surface area contributed by atoms with Crippen molar-refractivity contribution in [3.05, 3.63) is 65.7 Å². The van der Waals surface area contributed by atoms with Crippen molar-refractivity contribution in [2.45, 2.75) is 75.4 Å². The van der Waals surface area contributed by atoms with E-state index in [4.69, 9.17) is 14.2 Å². The molecule has 2 fully saturated rings. The molecule has 15 nitrogen and oxygen atoms in total. The zero-order valence-corrected chi connectivity index (χ0v) is 26.5. The normalized spacial score (nSPS) is 22.5. The molecule has 6 atom stereocenters. The Bertz CT molecular complexity index is 1630. The number of carbonyl (C=O) groups excluding carboxylic acids is 6. The van der Waals surface area contributed by atoms with Gasteiger partial charge in [0.25, 0.3) is 11.8 Å². The number of nitrogens with zero attached hydrogens (tertiary/aromatic N) is 2. The highest BCUT2D eigenvalue weighted by Crippen LogP contribution is 2.28. The van der Waals surface area contributed by atoms with Crippen LogP contribution in [-0.4, -0.2) is 97.6 Å². The molecule has 2 aliphatic heterocycles. The van der Waals surface area contributed by atoms with Gasteiger partial charge < -0.3 is 19.5 Å². The summed E-state index contributed by atoms with van der Waals surface area (Å²) in [7, 11) is -3.09. The maximum absolute atomic E-state index is 13.9. The molecular weight excluding hydrogens is 624 g/mol. The lowest BCUT2D eigenvalue weighted by molar-refractivity contribution is -0.147. The highest BCUT2D eigenvalue weighted by molar-refractivity contribution is 7.89. The summed E-state index contributed by atoms with van der Waals surface area (Å²) in [5.74, 6) is -4.05. The molecule has 246 valence electrons. The number of sulfonamides is 1. The third kappa shape index (κ3) is 7.02. The highest BCUT2D eigenvalue weighted by Gasteiger charge is 2.56. The summed E-state index contributed by atoms with van der Waals surface area (Å²) in [6.07, 6.45) is -4.94. The van der Waals surface area contributed by atoms with E-state index >= 15 is 0 Å². The molecule has 0 bridgehead atoms. The van der Waals surface area contributed by atoms with Crippen molar-refractivity contribution in [3.8, 4) is 0 Å². The Kier molecular flexibility index (Phi) is 10.1. The van der Waals surface area contributed by atoms with Crippen molar-refractivity contribution >= 4 is 45.9 Å². The first kappa shape index (κ1) is 34.1. The summed E-state index contributed by atoms with van der Waals surface area (Å²) in [6.45, 7) is 5.58. The molecule has 2 aromatic rings. The summed E-state index contributed by atoms with van der Waals surface area (Å²) >= 11 is 0. The predicted octanol–water partition coefficient (Wildman–Crippen LogP) is 1.03. The number of methoxy groups -OCH3 is 1. The van der Waals surface area contributed by atoms with E-state index in [1.54, 1.807) is 49.4 Å². The number of rotatable bonds is 10. The Morgan fingerprint density at radius 3 is 2.04 bits per heavy atom. The summed E-state index contributed by atoms with van der Waals surface area (Å²) in [6, 6.07) is 8.39. The monoisotopic (exact) mass is 658 g/mol. The number of cyclic esters (lactones) is 2. The summed E-state index contributed by atoms with van der Waals surface area (Å²) < 4.78 is 43.1. The van der Waals surface area contributed by atoms with Gasteiger partial charge in [0, 0.05) is 6.42 Å². The molecule has 2 saturated heterocycles. The number of benzene rings is 2. The van der Waals surface area contributed by atoms with Crippen molar-refractivity contribution in [2.24, 2.45) is 0 Å². The fraction of sp³-hybridized carbons (Fsp3) is 0.400. The maximum atomic E-state index is 13.9. The minimum absolute atomic E-state index is 0.0315. The summed E-state index contributed by atoms with van der Waals surface area (Å²) in [5.41, 5.74) is 1.49. The van der Waals surface area contributed by atoms with Gasteiger partial charge in [-0.05, 0) is 45.4 Å². The number of esters is 1. The van der Waals surface area contributed by atoms with Crippen molar-refractivity contribution in [1.29, 1.82) is 0 Å². The van der Waals surface area contributed by atoms with Crippen LogP contribution in [0.15, 0.2) is 59.5 Å². The molecule has 2 heterocycles. The fourth-order valence-corrected chi connectivity index (χ4v) is 6.36. The lowest BCUT2D eigenvalue weighted by Gasteiger charge is -2.29. The number of imide groups is 2. The average Bonchev–Trinajstić information content (AvgIpc) is 3.48. The van der Waals surface area contributed by atoms with Gasteiger partial charge in [0.2, 0.25) is 15.9 Å². The van der Waals surface area contributed by atoms with E-state index in [1.807, 2.05) is 0 Å². The van der Waals surface area contributed by atoms with Crippen LogP contribution < -0.4 is 10.0 Å². The van der Waals surface area contributed by atoms with Crippen LogP contribution in [-0.2, 0) is 49.8 Å². The molecule has 2 N–H and O–H groups in total. The van der Waals surface area contributed by atoms with Gasteiger partial charge in [-0.2, -0.15) is 4.72 Å². The molecule has 0 saturated carbocycles. The molecule has 0 spiro atoms. The van der Waals surface area contributed by atoms with E-state index in [9.17, 15) is 37.2 Å². The molecular formula is C30H34N4O11S. The number of hydrogen-bond acceptors (Lipinski definition) is 11. The zero-order chi connectivity index (χ0) is 33.9. The van der Waals surface area contributed by atoms with Gasteiger partial charge in [-0.3, -0.25) is 14.4 Å². The number of amides is 5. The first-order valence-electron chi connectivity index (χ1n) is 14.2. The Labute approximate surface area is 265 Å². The average molecular weight is 659 g/mol. The van der Waals surface area contributed by atoms with Crippen LogP contribution in [0.4, 0.5) is 9.59 Å². The number of nitrogens with one attached hydrogen (secondary N) is 2. The minimum atomic E-state index is -4.22. The second-order valence-electron chi connectivity index (χ2n) is 10.9. The van der Waals surface area contributed by atoms with Gasteiger partial charge in [0.15, 0.2) is 12.1 Å². The first-order chi connectivity index (χ1) is 21.7. The standard InChI is InChI=1S/C30H34N4O11S/c1-16-11-13-21(14-12-16)46(41,42)32-17(2)26(36)34-24(19(4)45-30(34)40)27(37)33-23(18(3)44-29(33)39)25(35)31-22(28(38)43-5)15-20-9-7-6-8-10-20/h6-14,17-19,22-24,32H,15H2,1-5H3,(H,31,35)/t17-,18+,19-,22+,23-,24+/m0/s1. The molecule has 46 heavy (non-hydrogen) atoms. The van der Waals surface area contributed by atoms with Crippen molar-refractivity contribution in [1.82, 2.24) is 19.8 Å². The predicted molar refractivity (Wildman–Crippen MR) is 158 cm³/mol. The summed E-state index contributed by atoms with van der Waals surface area (Å²) in [4.78, 5) is 79.9. The van der Waals surface area contributed by atoms with E-state index in [1.165, 1.54) is 32.9 Å². The number of carbonyl (C=O) groups is 6. The van der Waals surface area contributed by atoms with Gasteiger partial charge in [-0.1, -0.05) is 48.0 Å². The molecule has 0 radical (unpaired) electrons. The van der Waals surface area contributed by atoms with E-state index in [2.05, 4.69) is 10.0 Å². The van der Waals surface area contributed by atoms with E-state index < -0.39 is 82.3 Å². The van der Waals surface area contributed by atoms with Crippen molar-refractivity contribution in [2.75, 3.05) is 7.11 Å². The van der Waals surface area contributed by atoms with Crippen LogP contribution in [0.25, 0.3) is 0 Å². The number of hydrogen-bond donors (Lipinski definition) is 2. The fourth-order valence-electron chi connectivity index (χ4n) is 5.17. The van der Waals surface area contributed by atoms with Gasteiger partial charge in [-0.15, -0.1) is 0 Å². The Morgan fingerprint density at radius 1 is 0.891 bits per heavy atom. The first-order valence-corrected chi connectivity index (χ1v) is 15.7. The van der Waals surface area contributed by atoms with Crippen LogP contribution in [0.3, 0.4) is 0 Å². The Hall–Kier alpha value is -4.83. The quantitative estimate of drug-likeness (QED) is 0.273. The largest absolute Gasteiger partial charge is 0.467 e. The number of aryl methyl sites for hydroxylation is 1. The van der Waals surface area contributed by atoms with E-state index in [-0.39, 0.29) is 11.3 Å². The van der Waals surface area contributed by atoms with Gasteiger partial charge in [-0.25, -0.2) is 32.6 Å². The molecule has 5 amide bonds. The molecule has 4 rings (SSSR count). The lowest BCUT2D eigenvalue weighted by Crippen LogP contribution is -2.60. The van der Waals surface area contributed by atoms with Crippen molar-refractivity contribution in [3.63, 3.8) is 0 Å². The third-order valence-corrected chi connectivity index (χ3v) is 9.08. The molecule has 0 aliphatic carbocycles. The third-order valence-electron chi connectivity index (χ3n) is 7.53. The van der Waals surface area contributed by atoms with Gasteiger partial charge >= 0.3 is 18.2 Å². The van der Waals surface area contributed by atoms with Crippen molar-refractivity contribution < 1.29 is 51.4 Å². The summed E-state index contributed by atoms with van der Waals surface area (Å²) in [5, 5.41) is 2.51. The topological polar surface area (TPSA) is 195 Å². The van der Waals surface area contributed by atoms with Crippen LogP contribution in [0.2, 0.25) is 0 Å². The second-order valence-corrected chi connectivity index (χ2v) is 12.6. The van der Waals surface area contributed by atoms with Crippen LogP contribution in [0, 0.1) is 6.92 Å². The molecule has 2 aliphatic rings. The van der Waals surface area contributed by atoms with E-state index in [0.29, 0.717) is 15.4 Å². The molecule has 0 aromatic heterocycles. The highest BCUT2D eigenvalue weighted by atomic mass is 32.2. The van der Waals surface area contributed by atoms with Crippen LogP contribution >= 0.6 is 0 Å². The lowest BCUT2D eigenvalue weighted by atomic mass is 10.0. The zero-order valence-electron chi connectivity index (χ0n) is 25.7. The maximum Gasteiger partial charge on any atom is 0.417 e. The Balaban J connectivity index is 1.57. The van der Waals surface area contributed by atoms with Gasteiger partial charge in [0.1, 0.15) is 18.2 Å². The Morgan fingerprint density at radius 2 is 1.46 bits per heavy atom. The molecule has 0 unspecified atom stereocenters. The van der Waals surface area contributed by atoms with Crippen LogP contribution in [0.5, 0.6) is 0 Å². The van der Waals surface area contributed by atoms with Gasteiger partial charge in [0.05, 0.1) is 18.0 Å². The second kappa shape index (κ2) is 13.7. The SMILES string of the molecule is COC(=O)[C@@H](Cc1ccccc1)NC(=O)[C@@H]1[C@@H](C)OC(=O)N1C(=O)[C@H]1[C@H](C)OC(=O)N1C(=O)[C@H](C)NS(=O)(=O)c1ccc(C)cc1. The molecule has 2 aromatic carbocycles. The van der Waals surface area contributed by atoms with E-state index in [0.717, 1.165) is 12.7 Å². The molecule has 16 heteroatoms. The number of ether oxygens (including phenoxy) is 3.